The fourth-order valence-corrected chi connectivity index (χ4v) is 2.70. The number of hydrogen-bond acceptors (Lipinski definition) is 6. The second-order valence-electron chi connectivity index (χ2n) is 7.05. The van der Waals surface area contributed by atoms with Crippen LogP contribution in [-0.2, 0) is 12.6 Å². The number of nitrogens with one attached hydrogen (secondary N) is 2. The topological polar surface area (TPSA) is 102 Å². The summed E-state index contributed by atoms with van der Waals surface area (Å²) < 4.78 is 18.0. The zero-order valence-corrected chi connectivity index (χ0v) is 21.2. The highest BCUT2D eigenvalue weighted by molar-refractivity contribution is 14.0. The van der Waals surface area contributed by atoms with Crippen molar-refractivity contribution < 1.29 is 19.3 Å². The Morgan fingerprint density at radius 2 is 1.81 bits per heavy atom. The molecule has 2 aromatic rings. The number of halogens is 1. The van der Waals surface area contributed by atoms with Gasteiger partial charge in [0.05, 0.1) is 33.6 Å². The lowest BCUT2D eigenvalue weighted by atomic mass is 10.0. The lowest BCUT2D eigenvalue weighted by molar-refractivity contribution is 0.0672. The molecule has 9 nitrogen and oxygen atoms in total. The summed E-state index contributed by atoms with van der Waals surface area (Å²) >= 11 is 0. The summed E-state index contributed by atoms with van der Waals surface area (Å²) in [6, 6.07) is 5.44. The molecule has 10 heteroatoms. The maximum Gasteiger partial charge on any atom is 0.191 e. The van der Waals surface area contributed by atoms with Crippen molar-refractivity contribution in [2.45, 2.75) is 25.9 Å². The van der Waals surface area contributed by atoms with E-state index in [2.05, 4.69) is 20.7 Å². The van der Waals surface area contributed by atoms with E-state index in [-0.39, 0.29) is 30.5 Å². The molecule has 0 spiro atoms. The molecule has 0 amide bonds. The highest BCUT2D eigenvalue weighted by Crippen LogP contribution is 2.27. The summed E-state index contributed by atoms with van der Waals surface area (Å²) in [6.45, 7) is 5.86. The van der Waals surface area contributed by atoms with Crippen LogP contribution < -0.4 is 24.8 Å². The summed E-state index contributed by atoms with van der Waals surface area (Å²) in [7, 11) is 5.03. The smallest absolute Gasteiger partial charge is 0.191 e. The molecular weight excluding hydrogens is 513 g/mol. The van der Waals surface area contributed by atoms with E-state index in [4.69, 9.17) is 14.2 Å². The van der Waals surface area contributed by atoms with Crippen molar-refractivity contribution in [3.05, 3.63) is 36.2 Å². The number of ether oxygens (including phenoxy) is 3. The molecule has 1 unspecified atom stereocenters. The molecule has 0 radical (unpaired) electrons. The predicted molar refractivity (Wildman–Crippen MR) is 132 cm³/mol. The van der Waals surface area contributed by atoms with Crippen molar-refractivity contribution in [1.29, 1.82) is 0 Å². The van der Waals surface area contributed by atoms with Gasteiger partial charge in [-0.15, -0.1) is 24.0 Å². The summed E-state index contributed by atoms with van der Waals surface area (Å²) in [5.41, 5.74) is -0.364. The molecule has 3 N–H and O–H groups in total. The number of nitrogens with zero attached hydrogens (tertiary/aromatic N) is 3. The number of benzene rings is 1. The van der Waals surface area contributed by atoms with Gasteiger partial charge in [0.15, 0.2) is 5.96 Å². The Hall–Kier alpha value is -2.21. The third-order valence-corrected chi connectivity index (χ3v) is 4.42. The van der Waals surface area contributed by atoms with Crippen molar-refractivity contribution in [2.75, 3.05) is 40.5 Å². The molecule has 31 heavy (non-hydrogen) atoms. The molecule has 1 aromatic carbocycles. The van der Waals surface area contributed by atoms with Crippen LogP contribution in [0.25, 0.3) is 0 Å². The Bertz CT molecular complexity index is 804. The van der Waals surface area contributed by atoms with Crippen molar-refractivity contribution in [3.63, 3.8) is 0 Å². The van der Waals surface area contributed by atoms with Crippen molar-refractivity contribution in [2.24, 2.45) is 12.0 Å². The van der Waals surface area contributed by atoms with Gasteiger partial charge in [0.2, 0.25) is 0 Å². The van der Waals surface area contributed by atoms with Crippen LogP contribution in [0.15, 0.2) is 35.6 Å². The highest BCUT2D eigenvalue weighted by atomic mass is 127. The van der Waals surface area contributed by atoms with Crippen molar-refractivity contribution in [1.82, 2.24) is 20.4 Å². The molecule has 1 atom stereocenters. The SMILES string of the molecule is CCNC(=NCC(C)(O)c1cnn(C)c1)NCCCOc1cc(OC)cc(OC)c1.I. The number of aromatic nitrogens is 2. The van der Waals surface area contributed by atoms with E-state index in [9.17, 15) is 5.11 Å². The second kappa shape index (κ2) is 13.3. The molecule has 0 aliphatic rings. The number of guanidine groups is 1. The van der Waals surface area contributed by atoms with Crippen LogP contribution >= 0.6 is 24.0 Å². The van der Waals surface area contributed by atoms with Gasteiger partial charge in [-0.3, -0.25) is 4.68 Å². The molecule has 174 valence electrons. The van der Waals surface area contributed by atoms with Gasteiger partial charge in [0.1, 0.15) is 22.8 Å². The van der Waals surface area contributed by atoms with Gasteiger partial charge in [-0.2, -0.15) is 5.10 Å². The molecule has 1 heterocycles. The normalized spacial score (nSPS) is 13.0. The number of hydrogen-bond donors (Lipinski definition) is 3. The molecule has 0 saturated heterocycles. The van der Waals surface area contributed by atoms with Gasteiger partial charge in [0.25, 0.3) is 0 Å². The fourth-order valence-electron chi connectivity index (χ4n) is 2.70. The van der Waals surface area contributed by atoms with E-state index < -0.39 is 5.60 Å². The Balaban J connectivity index is 0.00000480. The monoisotopic (exact) mass is 547 g/mol. The van der Waals surface area contributed by atoms with Gasteiger partial charge in [-0.25, -0.2) is 4.99 Å². The van der Waals surface area contributed by atoms with E-state index in [1.165, 1.54) is 0 Å². The lowest BCUT2D eigenvalue weighted by Crippen LogP contribution is -2.39. The van der Waals surface area contributed by atoms with Crippen LogP contribution in [0.1, 0.15) is 25.8 Å². The van der Waals surface area contributed by atoms with Crippen LogP contribution in [0, 0.1) is 0 Å². The van der Waals surface area contributed by atoms with Gasteiger partial charge in [-0.1, -0.05) is 0 Å². The van der Waals surface area contributed by atoms with E-state index in [0.717, 1.165) is 18.5 Å². The number of rotatable bonds is 11. The Morgan fingerprint density at radius 3 is 2.35 bits per heavy atom. The zero-order chi connectivity index (χ0) is 22.0. The number of aliphatic hydroxyl groups is 1. The first kappa shape index (κ1) is 26.8. The van der Waals surface area contributed by atoms with Gasteiger partial charge >= 0.3 is 0 Å². The minimum Gasteiger partial charge on any atom is -0.496 e. The minimum absolute atomic E-state index is 0. The lowest BCUT2D eigenvalue weighted by Gasteiger charge is -2.20. The molecule has 0 fully saturated rings. The zero-order valence-electron chi connectivity index (χ0n) is 18.8. The van der Waals surface area contributed by atoms with E-state index in [1.54, 1.807) is 44.3 Å². The molecule has 1 aromatic heterocycles. The first-order chi connectivity index (χ1) is 14.4. The number of aliphatic imine (C=N–C) groups is 1. The van der Waals surface area contributed by atoms with E-state index in [0.29, 0.717) is 36.4 Å². The molecule has 0 aliphatic heterocycles. The maximum atomic E-state index is 10.7. The Kier molecular flexibility index (Phi) is 11.5. The average molecular weight is 547 g/mol. The first-order valence-electron chi connectivity index (χ1n) is 9.97. The van der Waals surface area contributed by atoms with Crippen LogP contribution in [-0.4, -0.2) is 61.3 Å². The fraction of sp³-hybridized carbons (Fsp3) is 0.524. The summed E-state index contributed by atoms with van der Waals surface area (Å²) in [4.78, 5) is 4.51. The standard InChI is InChI=1S/C21H33N5O4.HI/c1-6-22-20(24-15-21(2,27)16-13-25-26(3)14-16)23-8-7-9-30-19-11-17(28-4)10-18(12-19)29-5;/h10-14,27H,6-9,15H2,1-5H3,(H2,22,23,24);1H. The number of aryl methyl sites for hydroxylation is 1. The Labute approximate surface area is 201 Å². The van der Waals surface area contributed by atoms with Gasteiger partial charge in [0, 0.05) is 50.1 Å². The molecular formula is C21H34IN5O4. The Morgan fingerprint density at radius 1 is 1.16 bits per heavy atom. The third kappa shape index (κ3) is 8.82. The molecule has 2 rings (SSSR count). The first-order valence-corrected chi connectivity index (χ1v) is 9.97. The minimum atomic E-state index is -1.09. The van der Waals surface area contributed by atoms with Crippen molar-refractivity contribution >= 4 is 29.9 Å². The predicted octanol–water partition coefficient (Wildman–Crippen LogP) is 2.29. The van der Waals surface area contributed by atoms with Crippen LogP contribution in [0.2, 0.25) is 0 Å². The average Bonchev–Trinajstić information content (AvgIpc) is 3.18. The molecule has 0 bridgehead atoms. The highest BCUT2D eigenvalue weighted by Gasteiger charge is 2.24. The van der Waals surface area contributed by atoms with Gasteiger partial charge in [-0.05, 0) is 20.3 Å². The van der Waals surface area contributed by atoms with E-state index in [1.807, 2.05) is 26.1 Å². The maximum absolute atomic E-state index is 10.7. The summed E-state index contributed by atoms with van der Waals surface area (Å²) in [5.74, 6) is 2.71. The quantitative estimate of drug-likeness (QED) is 0.172. The van der Waals surface area contributed by atoms with E-state index >= 15 is 0 Å². The van der Waals surface area contributed by atoms with Gasteiger partial charge < -0.3 is 30.0 Å². The van der Waals surface area contributed by atoms with Crippen molar-refractivity contribution in [3.8, 4) is 17.2 Å². The number of methoxy groups -OCH3 is 2. The van der Waals surface area contributed by atoms with Crippen LogP contribution in [0.3, 0.4) is 0 Å². The molecule has 0 saturated carbocycles. The van der Waals surface area contributed by atoms with Crippen LogP contribution in [0.5, 0.6) is 17.2 Å². The molecule has 0 aliphatic carbocycles. The van der Waals surface area contributed by atoms with Crippen LogP contribution in [0.4, 0.5) is 0 Å². The summed E-state index contributed by atoms with van der Waals surface area (Å²) in [5, 5.41) is 21.2. The summed E-state index contributed by atoms with van der Waals surface area (Å²) in [6.07, 6.45) is 4.21. The third-order valence-electron chi connectivity index (χ3n) is 4.42. The second-order valence-corrected chi connectivity index (χ2v) is 7.05. The largest absolute Gasteiger partial charge is 0.496 e.